The van der Waals surface area contributed by atoms with Crippen LogP contribution in [0.5, 0.6) is 0 Å². The number of benzene rings is 1. The van der Waals surface area contributed by atoms with E-state index in [4.69, 9.17) is 17.3 Å². The number of hydrogen-bond donors (Lipinski definition) is 1. The van der Waals surface area contributed by atoms with Crippen molar-refractivity contribution in [3.05, 3.63) is 46.1 Å². The molecular formula is C14H12ClN3O2S. The van der Waals surface area contributed by atoms with Crippen molar-refractivity contribution in [2.24, 2.45) is 10.7 Å². The Kier molecular flexibility index (Phi) is 3.51. The zero-order valence-electron chi connectivity index (χ0n) is 11.2. The van der Waals surface area contributed by atoms with Gasteiger partial charge in [0.05, 0.1) is 23.1 Å². The fourth-order valence-corrected chi connectivity index (χ4v) is 3.73. The molecule has 1 saturated heterocycles. The molecule has 0 spiro atoms. The van der Waals surface area contributed by atoms with Gasteiger partial charge in [-0.25, -0.2) is 4.99 Å². The fraction of sp³-hybridized carbons (Fsp3) is 0.214. The Hall–Kier alpha value is -1.79. The van der Waals surface area contributed by atoms with E-state index in [0.29, 0.717) is 32.8 Å². The highest BCUT2D eigenvalue weighted by atomic mass is 35.5. The highest BCUT2D eigenvalue weighted by molar-refractivity contribution is 8.15. The molecule has 5 nitrogen and oxygen atoms in total. The summed E-state index contributed by atoms with van der Waals surface area (Å²) in [5.41, 5.74) is 7.02. The van der Waals surface area contributed by atoms with Crippen LogP contribution in [0.2, 0.25) is 5.02 Å². The molecule has 108 valence electrons. The van der Waals surface area contributed by atoms with Gasteiger partial charge >= 0.3 is 0 Å². The van der Waals surface area contributed by atoms with E-state index in [1.54, 1.807) is 25.1 Å². The predicted molar refractivity (Wildman–Crippen MR) is 82.8 cm³/mol. The number of nitrogens with zero attached hydrogens (tertiary/aromatic N) is 2. The summed E-state index contributed by atoms with van der Waals surface area (Å²) in [5, 5.41) is 1.08. The van der Waals surface area contributed by atoms with Gasteiger partial charge in [0.2, 0.25) is 11.8 Å². The van der Waals surface area contributed by atoms with Gasteiger partial charge in [0.1, 0.15) is 0 Å². The minimum absolute atomic E-state index is 0.102. The first kappa shape index (κ1) is 14.2. The molecule has 2 aliphatic heterocycles. The van der Waals surface area contributed by atoms with Gasteiger partial charge in [-0.05, 0) is 18.6 Å². The normalized spacial score (nSPS) is 21.4. The van der Waals surface area contributed by atoms with Crippen molar-refractivity contribution in [2.75, 3.05) is 5.75 Å². The van der Waals surface area contributed by atoms with Gasteiger partial charge in [0, 0.05) is 5.02 Å². The predicted octanol–water partition coefficient (Wildman–Crippen LogP) is 2.09. The zero-order chi connectivity index (χ0) is 15.1. The smallest absolute Gasteiger partial charge is 0.248 e. The Bertz CT molecular complexity index is 714. The summed E-state index contributed by atoms with van der Waals surface area (Å²) in [7, 11) is 0. The molecule has 0 aromatic heterocycles. The van der Waals surface area contributed by atoms with Crippen molar-refractivity contribution < 1.29 is 9.59 Å². The van der Waals surface area contributed by atoms with Crippen LogP contribution in [-0.2, 0) is 9.59 Å². The Morgan fingerprint density at radius 2 is 2.19 bits per heavy atom. The molecule has 0 bridgehead atoms. The minimum atomic E-state index is -0.605. The van der Waals surface area contributed by atoms with Crippen molar-refractivity contribution in [1.29, 1.82) is 0 Å². The summed E-state index contributed by atoms with van der Waals surface area (Å²) in [6.07, 6.45) is 0. The number of fused-ring (bicyclic) bond motifs is 1. The number of amides is 2. The van der Waals surface area contributed by atoms with Gasteiger partial charge in [-0.15, -0.1) is 0 Å². The lowest BCUT2D eigenvalue weighted by molar-refractivity contribution is -0.125. The Balaban J connectivity index is 2.23. The lowest BCUT2D eigenvalue weighted by atomic mass is 9.94. The van der Waals surface area contributed by atoms with Gasteiger partial charge in [-0.2, -0.15) is 0 Å². The SMILES string of the molecule is CC1=C(C(N)=O)[C@@H](c2ccccc2Cl)N2C(=O)CSC2=N1. The third kappa shape index (κ3) is 2.24. The van der Waals surface area contributed by atoms with Crippen LogP contribution in [0.1, 0.15) is 18.5 Å². The molecule has 0 radical (unpaired) electrons. The van der Waals surface area contributed by atoms with Crippen LogP contribution in [0.4, 0.5) is 0 Å². The highest BCUT2D eigenvalue weighted by Crippen LogP contribution is 2.42. The second-order valence-electron chi connectivity index (χ2n) is 4.73. The molecule has 21 heavy (non-hydrogen) atoms. The van der Waals surface area contributed by atoms with Crippen molar-refractivity contribution >= 4 is 40.3 Å². The summed E-state index contributed by atoms with van der Waals surface area (Å²) in [6, 6.07) is 6.52. The lowest BCUT2D eigenvalue weighted by Crippen LogP contribution is -2.40. The van der Waals surface area contributed by atoms with Crippen LogP contribution in [0.3, 0.4) is 0 Å². The molecule has 1 fully saturated rings. The van der Waals surface area contributed by atoms with E-state index in [1.807, 2.05) is 6.07 Å². The molecule has 0 saturated carbocycles. The first-order valence-corrected chi connectivity index (χ1v) is 7.65. The number of carbonyl (C=O) groups excluding carboxylic acids is 2. The van der Waals surface area contributed by atoms with E-state index in [2.05, 4.69) is 4.99 Å². The molecule has 2 aliphatic rings. The van der Waals surface area contributed by atoms with Gasteiger partial charge in [0.15, 0.2) is 5.17 Å². The first-order valence-electron chi connectivity index (χ1n) is 6.29. The van der Waals surface area contributed by atoms with E-state index >= 15 is 0 Å². The lowest BCUT2D eigenvalue weighted by Gasteiger charge is -2.33. The second kappa shape index (κ2) is 5.20. The number of allylic oxidation sites excluding steroid dienone is 1. The number of hydrogen-bond acceptors (Lipinski definition) is 4. The van der Waals surface area contributed by atoms with E-state index < -0.39 is 11.9 Å². The largest absolute Gasteiger partial charge is 0.366 e. The number of thioether (sulfide) groups is 1. The van der Waals surface area contributed by atoms with Crippen LogP contribution in [-0.4, -0.2) is 27.6 Å². The number of halogens is 1. The molecule has 1 atom stereocenters. The molecule has 2 heterocycles. The topological polar surface area (TPSA) is 75.8 Å². The Morgan fingerprint density at radius 1 is 1.48 bits per heavy atom. The quantitative estimate of drug-likeness (QED) is 0.906. The van der Waals surface area contributed by atoms with Crippen LogP contribution in [0, 0.1) is 0 Å². The van der Waals surface area contributed by atoms with Crippen molar-refractivity contribution in [2.45, 2.75) is 13.0 Å². The number of aliphatic imine (C=N–C) groups is 1. The number of nitrogens with two attached hydrogens (primary N) is 1. The molecule has 2 N–H and O–H groups in total. The first-order chi connectivity index (χ1) is 10.0. The molecular weight excluding hydrogens is 310 g/mol. The van der Waals surface area contributed by atoms with Crippen LogP contribution in [0.25, 0.3) is 0 Å². The van der Waals surface area contributed by atoms with Gasteiger partial charge in [0.25, 0.3) is 0 Å². The standard InChI is InChI=1S/C14H12ClN3O2S/c1-7-11(13(16)20)12(8-4-2-3-5-9(8)15)18-10(19)6-21-14(18)17-7/h2-5,12H,6H2,1H3,(H2,16,20)/t12-/m1/s1. The van der Waals surface area contributed by atoms with E-state index in [0.717, 1.165) is 0 Å². The average molecular weight is 322 g/mol. The second-order valence-corrected chi connectivity index (χ2v) is 6.08. The summed E-state index contributed by atoms with van der Waals surface area (Å²) >= 11 is 7.61. The number of carbonyl (C=O) groups is 2. The monoisotopic (exact) mass is 321 g/mol. The highest BCUT2D eigenvalue weighted by Gasteiger charge is 2.42. The molecule has 2 amide bonds. The zero-order valence-corrected chi connectivity index (χ0v) is 12.7. The number of primary amides is 1. The summed E-state index contributed by atoms with van der Waals surface area (Å²) in [4.78, 5) is 29.9. The summed E-state index contributed by atoms with van der Waals surface area (Å²) < 4.78 is 0. The maximum absolute atomic E-state index is 12.2. The molecule has 0 aliphatic carbocycles. The molecule has 0 unspecified atom stereocenters. The fourth-order valence-electron chi connectivity index (χ4n) is 2.55. The van der Waals surface area contributed by atoms with Crippen molar-refractivity contribution in [3.63, 3.8) is 0 Å². The van der Waals surface area contributed by atoms with E-state index in [9.17, 15) is 9.59 Å². The average Bonchev–Trinajstić information content (AvgIpc) is 2.79. The Labute approximate surface area is 130 Å². The number of amidine groups is 1. The maximum Gasteiger partial charge on any atom is 0.248 e. The van der Waals surface area contributed by atoms with E-state index in [-0.39, 0.29) is 5.91 Å². The summed E-state index contributed by atoms with van der Waals surface area (Å²) in [6.45, 7) is 1.72. The molecule has 3 rings (SSSR count). The van der Waals surface area contributed by atoms with E-state index in [1.165, 1.54) is 16.7 Å². The third-order valence-corrected chi connectivity index (χ3v) is 4.73. The number of rotatable bonds is 2. The maximum atomic E-state index is 12.2. The van der Waals surface area contributed by atoms with Crippen LogP contribution >= 0.6 is 23.4 Å². The molecule has 7 heteroatoms. The van der Waals surface area contributed by atoms with Gasteiger partial charge in [-0.3, -0.25) is 14.5 Å². The summed E-state index contributed by atoms with van der Waals surface area (Å²) in [5.74, 6) is -0.390. The van der Waals surface area contributed by atoms with Crippen molar-refractivity contribution in [1.82, 2.24) is 4.90 Å². The molecule has 1 aromatic carbocycles. The molecule has 1 aromatic rings. The van der Waals surface area contributed by atoms with Crippen LogP contribution in [0.15, 0.2) is 40.5 Å². The van der Waals surface area contributed by atoms with Crippen LogP contribution < -0.4 is 5.73 Å². The van der Waals surface area contributed by atoms with Gasteiger partial charge < -0.3 is 5.73 Å². The van der Waals surface area contributed by atoms with Gasteiger partial charge in [-0.1, -0.05) is 41.6 Å². The Morgan fingerprint density at radius 3 is 2.86 bits per heavy atom. The third-order valence-electron chi connectivity index (χ3n) is 3.45. The minimum Gasteiger partial charge on any atom is -0.366 e. The van der Waals surface area contributed by atoms with Crippen molar-refractivity contribution in [3.8, 4) is 0 Å².